The molecule has 0 N–H and O–H groups in total. The Kier molecular flexibility index (Phi) is 4.67. The Hall–Kier alpha value is -1.17. The van der Waals surface area contributed by atoms with Crippen LogP contribution in [0.1, 0.15) is 19.4 Å². The van der Waals surface area contributed by atoms with Crippen LogP contribution in [0.5, 0.6) is 5.75 Å². The van der Waals surface area contributed by atoms with Gasteiger partial charge in [-0.3, -0.25) is 10.1 Å². The molecular weight excluding hydrogens is 305 g/mol. The van der Waals surface area contributed by atoms with E-state index in [-0.39, 0.29) is 16.9 Å². The van der Waals surface area contributed by atoms with Crippen LogP contribution < -0.4 is 4.74 Å². The van der Waals surface area contributed by atoms with Crippen molar-refractivity contribution >= 4 is 21.6 Å². The van der Waals surface area contributed by atoms with Gasteiger partial charge in [-0.2, -0.15) is 0 Å². The minimum absolute atomic E-state index is 0.0483. The second-order valence-corrected chi connectivity index (χ2v) is 5.47. The van der Waals surface area contributed by atoms with E-state index in [1.165, 1.54) is 6.07 Å². The van der Waals surface area contributed by atoms with E-state index in [1.54, 1.807) is 6.92 Å². The number of hydrogen-bond acceptors (Lipinski definition) is 3. The molecule has 0 radical (unpaired) electrons. The molecule has 1 aromatic carbocycles. The van der Waals surface area contributed by atoms with Gasteiger partial charge in [0, 0.05) is 16.3 Å². The van der Waals surface area contributed by atoms with Crippen molar-refractivity contribution in [3.05, 3.63) is 33.6 Å². The molecular formula is C12H15BrFNO3. The van der Waals surface area contributed by atoms with Gasteiger partial charge in [-0.25, -0.2) is 4.39 Å². The first kappa shape index (κ1) is 14.9. The van der Waals surface area contributed by atoms with Gasteiger partial charge in [0.2, 0.25) is 0 Å². The average molecular weight is 320 g/mol. The number of hydrogen-bond donors (Lipinski definition) is 0. The number of ether oxygens (including phenoxy) is 1. The number of nitrogens with zero attached hydrogens (tertiary/aromatic N) is 1. The summed E-state index contributed by atoms with van der Waals surface area (Å²) in [4.78, 5) is 10.0. The quantitative estimate of drug-likeness (QED) is 0.470. The topological polar surface area (TPSA) is 52.4 Å². The van der Waals surface area contributed by atoms with Crippen LogP contribution in [0, 0.1) is 28.3 Å². The highest BCUT2D eigenvalue weighted by atomic mass is 79.9. The molecule has 0 unspecified atom stereocenters. The van der Waals surface area contributed by atoms with E-state index in [1.807, 2.05) is 13.8 Å². The lowest BCUT2D eigenvalue weighted by molar-refractivity contribution is -0.385. The molecule has 6 heteroatoms. The summed E-state index contributed by atoms with van der Waals surface area (Å²) in [5.74, 6) is -0.662. The van der Waals surface area contributed by atoms with Crippen LogP contribution in [0.2, 0.25) is 0 Å². The summed E-state index contributed by atoms with van der Waals surface area (Å²) in [5.41, 5.74) is 0.00919. The highest BCUT2D eigenvalue weighted by Crippen LogP contribution is 2.28. The molecule has 100 valence electrons. The first-order chi connectivity index (χ1) is 8.26. The van der Waals surface area contributed by atoms with Crippen molar-refractivity contribution in [3.8, 4) is 5.75 Å². The molecule has 0 atom stereocenters. The summed E-state index contributed by atoms with van der Waals surface area (Å²) in [7, 11) is 0. The fourth-order valence-electron chi connectivity index (χ4n) is 1.26. The zero-order valence-corrected chi connectivity index (χ0v) is 12.1. The monoisotopic (exact) mass is 319 g/mol. The summed E-state index contributed by atoms with van der Waals surface area (Å²) in [5, 5.41) is 11.4. The molecule has 18 heavy (non-hydrogen) atoms. The summed E-state index contributed by atoms with van der Waals surface area (Å²) < 4.78 is 19.0. The number of rotatable bonds is 5. The van der Waals surface area contributed by atoms with Crippen molar-refractivity contribution in [2.75, 3.05) is 11.9 Å². The molecule has 0 aliphatic heterocycles. The standard InChI is InChI=1S/C12H15BrFNO3/c1-8-4-11(18-7-12(2,3)6-13)9(14)5-10(8)15(16)17/h4-5H,6-7H2,1-3H3. The molecule has 0 saturated heterocycles. The van der Waals surface area contributed by atoms with Crippen molar-refractivity contribution < 1.29 is 14.1 Å². The molecule has 0 bridgehead atoms. The van der Waals surface area contributed by atoms with E-state index in [0.717, 1.165) is 6.07 Å². The first-order valence-electron chi connectivity index (χ1n) is 5.40. The van der Waals surface area contributed by atoms with Gasteiger partial charge in [-0.05, 0) is 13.0 Å². The molecule has 0 saturated carbocycles. The number of aryl methyl sites for hydroxylation is 1. The van der Waals surface area contributed by atoms with Crippen molar-refractivity contribution in [2.45, 2.75) is 20.8 Å². The Morgan fingerprint density at radius 1 is 1.50 bits per heavy atom. The predicted molar refractivity (Wildman–Crippen MR) is 70.9 cm³/mol. The number of nitro groups is 1. The summed E-state index contributed by atoms with van der Waals surface area (Å²) >= 11 is 3.35. The van der Waals surface area contributed by atoms with Crippen LogP contribution in [-0.4, -0.2) is 16.9 Å². The van der Waals surface area contributed by atoms with E-state index in [0.29, 0.717) is 17.5 Å². The van der Waals surface area contributed by atoms with Gasteiger partial charge in [-0.1, -0.05) is 29.8 Å². The maximum atomic E-state index is 13.6. The van der Waals surface area contributed by atoms with Crippen LogP contribution >= 0.6 is 15.9 Å². The van der Waals surface area contributed by atoms with Gasteiger partial charge in [-0.15, -0.1) is 0 Å². The molecule has 1 aromatic rings. The third-order valence-corrected chi connectivity index (χ3v) is 3.95. The highest BCUT2D eigenvalue weighted by molar-refractivity contribution is 9.09. The van der Waals surface area contributed by atoms with Crippen molar-refractivity contribution in [2.24, 2.45) is 5.41 Å². The molecule has 0 aromatic heterocycles. The Labute approximate surface area is 113 Å². The van der Waals surface area contributed by atoms with Gasteiger partial charge in [0.1, 0.15) is 0 Å². The summed E-state index contributed by atoms with van der Waals surface area (Å²) in [6, 6.07) is 2.25. The van der Waals surface area contributed by atoms with E-state index in [2.05, 4.69) is 15.9 Å². The van der Waals surface area contributed by atoms with Gasteiger partial charge >= 0.3 is 0 Å². The third-order valence-electron chi connectivity index (χ3n) is 2.43. The lowest BCUT2D eigenvalue weighted by Crippen LogP contribution is -2.23. The number of alkyl halides is 1. The fraction of sp³-hybridized carbons (Fsp3) is 0.500. The SMILES string of the molecule is Cc1cc(OCC(C)(C)CBr)c(F)cc1[N+](=O)[O-]. The van der Waals surface area contributed by atoms with Crippen LogP contribution in [0.3, 0.4) is 0 Å². The average Bonchev–Trinajstić information content (AvgIpc) is 2.29. The minimum atomic E-state index is -0.710. The predicted octanol–water partition coefficient (Wildman–Crippen LogP) is 3.84. The van der Waals surface area contributed by atoms with Crippen molar-refractivity contribution in [1.29, 1.82) is 0 Å². The van der Waals surface area contributed by atoms with Crippen LogP contribution in [0.4, 0.5) is 10.1 Å². The Bertz CT molecular complexity index is 463. The molecule has 0 aliphatic rings. The Morgan fingerprint density at radius 3 is 2.61 bits per heavy atom. The third kappa shape index (κ3) is 3.66. The first-order valence-corrected chi connectivity index (χ1v) is 6.52. The Balaban J connectivity index is 2.92. The lowest BCUT2D eigenvalue weighted by Gasteiger charge is -2.22. The normalized spacial score (nSPS) is 11.4. The second kappa shape index (κ2) is 5.65. The van der Waals surface area contributed by atoms with Gasteiger partial charge in [0.15, 0.2) is 11.6 Å². The maximum Gasteiger partial charge on any atom is 0.275 e. The van der Waals surface area contributed by atoms with Gasteiger partial charge in [0.05, 0.1) is 17.6 Å². The Morgan fingerprint density at radius 2 is 2.11 bits per heavy atom. The van der Waals surface area contributed by atoms with Crippen LogP contribution in [0.15, 0.2) is 12.1 Å². The molecule has 0 spiro atoms. The molecule has 1 rings (SSSR count). The molecule has 4 nitrogen and oxygen atoms in total. The van der Waals surface area contributed by atoms with E-state index < -0.39 is 10.7 Å². The fourth-order valence-corrected chi connectivity index (χ4v) is 1.43. The summed E-state index contributed by atoms with van der Waals surface area (Å²) in [6.07, 6.45) is 0. The van der Waals surface area contributed by atoms with E-state index in [9.17, 15) is 14.5 Å². The van der Waals surface area contributed by atoms with Crippen LogP contribution in [-0.2, 0) is 0 Å². The molecule has 0 aliphatic carbocycles. The molecule has 0 heterocycles. The smallest absolute Gasteiger partial charge is 0.275 e. The maximum absolute atomic E-state index is 13.6. The van der Waals surface area contributed by atoms with Gasteiger partial charge in [0.25, 0.3) is 5.69 Å². The largest absolute Gasteiger partial charge is 0.490 e. The number of benzene rings is 1. The van der Waals surface area contributed by atoms with Crippen LogP contribution in [0.25, 0.3) is 0 Å². The molecule has 0 amide bonds. The van der Waals surface area contributed by atoms with Crippen molar-refractivity contribution in [1.82, 2.24) is 0 Å². The highest BCUT2D eigenvalue weighted by Gasteiger charge is 2.20. The number of nitro benzene ring substituents is 1. The minimum Gasteiger partial charge on any atom is -0.490 e. The van der Waals surface area contributed by atoms with Gasteiger partial charge < -0.3 is 4.74 Å². The zero-order chi connectivity index (χ0) is 13.9. The number of halogens is 2. The lowest BCUT2D eigenvalue weighted by atomic mass is 9.98. The van der Waals surface area contributed by atoms with E-state index >= 15 is 0 Å². The van der Waals surface area contributed by atoms with E-state index in [4.69, 9.17) is 4.74 Å². The molecule has 0 fully saturated rings. The second-order valence-electron chi connectivity index (χ2n) is 4.91. The van der Waals surface area contributed by atoms with Crippen molar-refractivity contribution in [3.63, 3.8) is 0 Å². The zero-order valence-electron chi connectivity index (χ0n) is 10.5. The summed E-state index contributed by atoms with van der Waals surface area (Å²) in [6.45, 7) is 5.82.